The van der Waals surface area contributed by atoms with Crippen LogP contribution in [0, 0.1) is 0 Å². The summed E-state index contributed by atoms with van der Waals surface area (Å²) in [5.41, 5.74) is 1.91. The van der Waals surface area contributed by atoms with E-state index in [1.54, 1.807) is 4.68 Å². The van der Waals surface area contributed by atoms with Gasteiger partial charge in [-0.3, -0.25) is 4.68 Å². The number of hydrogen-bond donors (Lipinski definition) is 0. The second-order valence-electron chi connectivity index (χ2n) is 4.88. The number of aromatic nitrogens is 4. The molecule has 0 N–H and O–H groups in total. The summed E-state index contributed by atoms with van der Waals surface area (Å²) < 4.78 is 13.0. The van der Waals surface area contributed by atoms with Gasteiger partial charge in [-0.05, 0) is 19.3 Å². The Bertz CT molecular complexity index is 555. The van der Waals surface area contributed by atoms with Crippen LogP contribution in [0.5, 0.6) is 0 Å². The molecule has 6 heteroatoms. The van der Waals surface area contributed by atoms with E-state index >= 15 is 0 Å². The van der Waals surface area contributed by atoms with Crippen molar-refractivity contribution in [2.24, 2.45) is 7.05 Å². The Labute approximate surface area is 111 Å². The van der Waals surface area contributed by atoms with E-state index in [9.17, 15) is 0 Å². The quantitative estimate of drug-likeness (QED) is 0.845. The van der Waals surface area contributed by atoms with E-state index in [1.165, 1.54) is 0 Å². The van der Waals surface area contributed by atoms with E-state index in [-0.39, 0.29) is 5.92 Å². The number of hydrogen-bond acceptors (Lipinski definition) is 5. The summed E-state index contributed by atoms with van der Waals surface area (Å²) >= 11 is 0. The summed E-state index contributed by atoms with van der Waals surface area (Å²) in [6.45, 7) is 3.58. The SMILES string of the molecule is CCc1nn(C)cc1-c1nnc(C2CCCOC2)o1. The van der Waals surface area contributed by atoms with Crippen molar-refractivity contribution in [2.45, 2.75) is 32.1 Å². The fraction of sp³-hybridized carbons (Fsp3) is 0.615. The molecule has 3 heterocycles. The Balaban J connectivity index is 1.87. The molecule has 2 aromatic rings. The van der Waals surface area contributed by atoms with Crippen molar-refractivity contribution < 1.29 is 9.15 Å². The highest BCUT2D eigenvalue weighted by molar-refractivity contribution is 5.54. The third-order valence-corrected chi connectivity index (χ3v) is 3.42. The minimum Gasteiger partial charge on any atom is -0.420 e. The average Bonchev–Trinajstić information content (AvgIpc) is 3.05. The summed E-state index contributed by atoms with van der Waals surface area (Å²) in [4.78, 5) is 0. The van der Waals surface area contributed by atoms with Gasteiger partial charge in [-0.25, -0.2) is 0 Å². The first-order valence-electron chi connectivity index (χ1n) is 6.72. The fourth-order valence-electron chi connectivity index (χ4n) is 2.42. The highest BCUT2D eigenvalue weighted by Gasteiger charge is 2.23. The standard InChI is InChI=1S/C13H18N4O2/c1-3-11-10(7-17(2)16-11)13-15-14-12(19-13)9-5-4-6-18-8-9/h7,9H,3-6,8H2,1-2H3. The molecule has 0 radical (unpaired) electrons. The van der Waals surface area contributed by atoms with Crippen LogP contribution in [0.1, 0.15) is 37.3 Å². The fourth-order valence-corrected chi connectivity index (χ4v) is 2.42. The third-order valence-electron chi connectivity index (χ3n) is 3.42. The molecular formula is C13H18N4O2. The topological polar surface area (TPSA) is 66.0 Å². The summed E-state index contributed by atoms with van der Waals surface area (Å²) in [6.07, 6.45) is 4.87. The number of rotatable bonds is 3. The van der Waals surface area contributed by atoms with E-state index in [0.717, 1.165) is 37.1 Å². The molecule has 0 aromatic carbocycles. The maximum Gasteiger partial charge on any atom is 0.251 e. The molecule has 0 aliphatic carbocycles. The Morgan fingerprint density at radius 1 is 1.42 bits per heavy atom. The molecule has 19 heavy (non-hydrogen) atoms. The first-order chi connectivity index (χ1) is 9.28. The van der Waals surface area contributed by atoms with Gasteiger partial charge in [-0.2, -0.15) is 5.10 Å². The third kappa shape index (κ3) is 2.40. The molecule has 3 rings (SSSR count). The summed E-state index contributed by atoms with van der Waals surface area (Å²) in [6, 6.07) is 0. The molecule has 0 spiro atoms. The van der Waals surface area contributed by atoms with E-state index in [4.69, 9.17) is 9.15 Å². The molecule has 0 saturated carbocycles. The van der Waals surface area contributed by atoms with Crippen molar-refractivity contribution in [3.63, 3.8) is 0 Å². The summed E-state index contributed by atoms with van der Waals surface area (Å²) in [5, 5.41) is 12.7. The van der Waals surface area contributed by atoms with Crippen LogP contribution < -0.4 is 0 Å². The molecule has 0 amide bonds. The number of ether oxygens (including phenoxy) is 1. The Morgan fingerprint density at radius 3 is 3.05 bits per heavy atom. The molecule has 6 nitrogen and oxygen atoms in total. The lowest BCUT2D eigenvalue weighted by molar-refractivity contribution is 0.0727. The summed E-state index contributed by atoms with van der Waals surface area (Å²) in [5.74, 6) is 1.47. The van der Waals surface area contributed by atoms with Crippen molar-refractivity contribution in [1.82, 2.24) is 20.0 Å². The van der Waals surface area contributed by atoms with Crippen LogP contribution in [-0.4, -0.2) is 33.2 Å². The van der Waals surface area contributed by atoms with Crippen molar-refractivity contribution >= 4 is 0 Å². The van der Waals surface area contributed by atoms with Crippen LogP contribution in [0.2, 0.25) is 0 Å². The van der Waals surface area contributed by atoms with Crippen LogP contribution in [0.4, 0.5) is 0 Å². The van der Waals surface area contributed by atoms with Crippen LogP contribution in [0.15, 0.2) is 10.6 Å². The van der Waals surface area contributed by atoms with Crippen LogP contribution in [-0.2, 0) is 18.2 Å². The van der Waals surface area contributed by atoms with Crippen molar-refractivity contribution in [2.75, 3.05) is 13.2 Å². The van der Waals surface area contributed by atoms with Gasteiger partial charge in [0.1, 0.15) is 0 Å². The van der Waals surface area contributed by atoms with Crippen LogP contribution in [0.25, 0.3) is 11.5 Å². The minimum atomic E-state index is 0.233. The largest absolute Gasteiger partial charge is 0.420 e. The number of aryl methyl sites for hydroxylation is 2. The predicted octanol–water partition coefficient (Wildman–Crippen LogP) is 1.93. The lowest BCUT2D eigenvalue weighted by atomic mass is 10.0. The Morgan fingerprint density at radius 2 is 2.32 bits per heavy atom. The van der Waals surface area contributed by atoms with Crippen molar-refractivity contribution in [3.05, 3.63) is 17.8 Å². The second-order valence-corrected chi connectivity index (χ2v) is 4.88. The Kier molecular flexibility index (Phi) is 3.33. The van der Waals surface area contributed by atoms with Gasteiger partial charge in [0.05, 0.1) is 23.8 Å². The van der Waals surface area contributed by atoms with Crippen molar-refractivity contribution in [3.8, 4) is 11.5 Å². The van der Waals surface area contributed by atoms with E-state index in [0.29, 0.717) is 18.4 Å². The van der Waals surface area contributed by atoms with Crippen LogP contribution in [0.3, 0.4) is 0 Å². The predicted molar refractivity (Wildman–Crippen MR) is 68.7 cm³/mol. The van der Waals surface area contributed by atoms with Gasteiger partial charge in [0.15, 0.2) is 0 Å². The molecule has 1 atom stereocenters. The van der Waals surface area contributed by atoms with E-state index in [1.807, 2.05) is 13.2 Å². The maximum atomic E-state index is 5.81. The lowest BCUT2D eigenvalue weighted by Crippen LogP contribution is -2.15. The molecule has 102 valence electrons. The van der Waals surface area contributed by atoms with Gasteiger partial charge >= 0.3 is 0 Å². The van der Waals surface area contributed by atoms with Gasteiger partial charge in [0, 0.05) is 19.9 Å². The van der Waals surface area contributed by atoms with Gasteiger partial charge in [-0.15, -0.1) is 10.2 Å². The molecule has 1 unspecified atom stereocenters. The van der Waals surface area contributed by atoms with Crippen molar-refractivity contribution in [1.29, 1.82) is 0 Å². The monoisotopic (exact) mass is 262 g/mol. The first kappa shape index (κ1) is 12.3. The zero-order valence-corrected chi connectivity index (χ0v) is 11.3. The van der Waals surface area contributed by atoms with Gasteiger partial charge in [-0.1, -0.05) is 6.92 Å². The van der Waals surface area contributed by atoms with Crippen LogP contribution >= 0.6 is 0 Å². The first-order valence-corrected chi connectivity index (χ1v) is 6.72. The molecule has 1 aliphatic rings. The second kappa shape index (κ2) is 5.13. The maximum absolute atomic E-state index is 5.81. The van der Waals surface area contributed by atoms with E-state index < -0.39 is 0 Å². The smallest absolute Gasteiger partial charge is 0.251 e. The van der Waals surface area contributed by atoms with Gasteiger partial charge < -0.3 is 9.15 Å². The molecule has 1 saturated heterocycles. The molecule has 2 aromatic heterocycles. The van der Waals surface area contributed by atoms with Gasteiger partial charge in [0.25, 0.3) is 5.89 Å². The minimum absolute atomic E-state index is 0.233. The lowest BCUT2D eigenvalue weighted by Gasteiger charge is -2.18. The molecule has 1 fully saturated rings. The molecular weight excluding hydrogens is 244 g/mol. The average molecular weight is 262 g/mol. The Hall–Kier alpha value is -1.69. The summed E-state index contributed by atoms with van der Waals surface area (Å²) in [7, 11) is 1.90. The van der Waals surface area contributed by atoms with E-state index in [2.05, 4.69) is 22.2 Å². The van der Waals surface area contributed by atoms with Gasteiger partial charge in [0.2, 0.25) is 5.89 Å². The molecule has 1 aliphatic heterocycles. The zero-order chi connectivity index (χ0) is 13.2. The number of nitrogens with zero attached hydrogens (tertiary/aromatic N) is 4. The highest BCUT2D eigenvalue weighted by atomic mass is 16.5. The normalized spacial score (nSPS) is 19.8. The molecule has 0 bridgehead atoms. The highest BCUT2D eigenvalue weighted by Crippen LogP contribution is 2.28. The zero-order valence-electron chi connectivity index (χ0n) is 11.3.